The average Bonchev–Trinajstić information content (AvgIpc) is 2.94. The van der Waals surface area contributed by atoms with Crippen LogP contribution in [0, 0.1) is 0 Å². The maximum Gasteiger partial charge on any atom is 1.00 e. The first-order valence-electron chi connectivity index (χ1n) is 12.1. The molecule has 40 heavy (non-hydrogen) atoms. The maximum atomic E-state index is 13.2. The van der Waals surface area contributed by atoms with E-state index in [2.05, 4.69) is 10.0 Å². The molecule has 208 valence electrons. The molecule has 0 fully saturated rings. The van der Waals surface area contributed by atoms with Gasteiger partial charge >= 0.3 is 18.9 Å². The Hall–Kier alpha value is -2.94. The van der Waals surface area contributed by atoms with Crippen LogP contribution in [0.15, 0.2) is 71.6 Å². The minimum Gasteiger partial charge on any atom is -0.548 e. The molecule has 1 amide bonds. The molecule has 3 rings (SSSR count). The topological polar surface area (TPSA) is 134 Å². The predicted octanol–water partition coefficient (Wildman–Crippen LogP) is -0.503. The number of sulfonamides is 1. The molecule has 0 bridgehead atoms. The number of hydrogen-bond acceptors (Lipinski definition) is 8. The molecule has 0 saturated carbocycles. The van der Waals surface area contributed by atoms with Crippen molar-refractivity contribution < 1.29 is 51.4 Å². The van der Waals surface area contributed by atoms with E-state index in [1.54, 1.807) is 42.5 Å². The number of carbonyl (C=O) groups is 2. The minimum absolute atomic E-state index is 0. The summed E-state index contributed by atoms with van der Waals surface area (Å²) in [4.78, 5) is 24.6. The Morgan fingerprint density at radius 1 is 0.975 bits per heavy atom. The van der Waals surface area contributed by atoms with Gasteiger partial charge in [-0.25, -0.2) is 13.1 Å². The van der Waals surface area contributed by atoms with Crippen LogP contribution in [0.5, 0.6) is 11.5 Å². The van der Waals surface area contributed by atoms with Crippen LogP contribution in [0.1, 0.15) is 22.3 Å². The number of hydrogen-bond donors (Lipinski definition) is 2. The third kappa shape index (κ3) is 8.78. The summed E-state index contributed by atoms with van der Waals surface area (Å²) in [6.07, 6.45) is 2.45. The molecule has 0 spiro atoms. The molecular formula is C28H31LiN2O7S2. The quantitative estimate of drug-likeness (QED) is 0.245. The summed E-state index contributed by atoms with van der Waals surface area (Å²) in [5, 5.41) is 14.1. The SMILES string of the molecule is COc1ccc(CCNS(=O)(=O)c2ccc(C(=O)N[C@@H](CCSC)C(=O)[O-])c(-c3ccccc3)c2)cc1OC.[Li+]. The number of carboxylic acids is 1. The smallest absolute Gasteiger partial charge is 0.548 e. The molecule has 0 unspecified atom stereocenters. The van der Waals surface area contributed by atoms with Crippen LogP contribution in [0.4, 0.5) is 0 Å². The van der Waals surface area contributed by atoms with E-state index in [4.69, 9.17) is 9.47 Å². The van der Waals surface area contributed by atoms with Crippen LogP contribution in [0.2, 0.25) is 0 Å². The number of aliphatic carboxylic acids is 1. The number of benzene rings is 3. The number of amides is 1. The zero-order valence-corrected chi connectivity index (χ0v) is 24.6. The van der Waals surface area contributed by atoms with Crippen LogP contribution >= 0.6 is 11.8 Å². The summed E-state index contributed by atoms with van der Waals surface area (Å²) >= 11 is 1.46. The molecule has 2 N–H and O–H groups in total. The van der Waals surface area contributed by atoms with Gasteiger partial charge in [-0.3, -0.25) is 4.79 Å². The molecule has 0 radical (unpaired) electrons. The normalized spacial score (nSPS) is 11.7. The molecule has 0 heterocycles. The third-order valence-corrected chi connectivity index (χ3v) is 8.09. The van der Waals surface area contributed by atoms with Crippen LogP contribution in [0.3, 0.4) is 0 Å². The number of ether oxygens (including phenoxy) is 2. The van der Waals surface area contributed by atoms with Crippen LogP contribution in [-0.4, -0.2) is 59.1 Å². The van der Waals surface area contributed by atoms with E-state index in [1.165, 1.54) is 44.2 Å². The summed E-state index contributed by atoms with van der Waals surface area (Å²) < 4.78 is 39.4. The van der Waals surface area contributed by atoms with E-state index >= 15 is 0 Å². The number of carboxylic acid groups (broad SMARTS) is 1. The Balaban J connectivity index is 0.00000560. The number of thioether (sulfide) groups is 1. The van der Waals surface area contributed by atoms with Gasteiger partial charge in [0.1, 0.15) is 0 Å². The molecule has 0 saturated heterocycles. The van der Waals surface area contributed by atoms with Gasteiger partial charge in [-0.1, -0.05) is 36.4 Å². The first-order valence-corrected chi connectivity index (χ1v) is 15.0. The zero-order valence-electron chi connectivity index (χ0n) is 22.9. The first kappa shape index (κ1) is 33.3. The van der Waals surface area contributed by atoms with Gasteiger partial charge in [-0.15, -0.1) is 0 Å². The Morgan fingerprint density at radius 2 is 1.68 bits per heavy atom. The van der Waals surface area contributed by atoms with E-state index in [1.807, 2.05) is 12.3 Å². The Kier molecular flexibility index (Phi) is 13.1. The van der Waals surface area contributed by atoms with Crippen LogP contribution in [0.25, 0.3) is 11.1 Å². The third-order valence-electron chi connectivity index (χ3n) is 5.98. The van der Waals surface area contributed by atoms with E-state index in [-0.39, 0.29) is 42.3 Å². The van der Waals surface area contributed by atoms with Crippen molar-refractivity contribution in [1.82, 2.24) is 10.0 Å². The second-order valence-electron chi connectivity index (χ2n) is 8.54. The van der Waals surface area contributed by atoms with Crippen molar-refractivity contribution in [3.8, 4) is 22.6 Å². The van der Waals surface area contributed by atoms with Gasteiger partial charge in [0.15, 0.2) is 11.5 Å². The van der Waals surface area contributed by atoms with Crippen LogP contribution in [-0.2, 0) is 21.2 Å². The Bertz CT molecular complexity index is 1400. The molecule has 1 atom stereocenters. The number of nitrogens with one attached hydrogen (secondary N) is 2. The van der Waals surface area contributed by atoms with Gasteiger partial charge in [-0.05, 0) is 71.9 Å². The second kappa shape index (κ2) is 15.7. The van der Waals surface area contributed by atoms with Gasteiger partial charge in [-0.2, -0.15) is 11.8 Å². The maximum absolute atomic E-state index is 13.2. The standard InChI is InChI=1S/C28H32N2O7S2.Li/c1-36-25-12-9-19(17-26(25)37-2)13-15-29-39(34,35)21-10-11-22(23(18-21)20-7-5-4-6-8-20)27(31)30-24(28(32)33)14-16-38-3;/h4-12,17-18,24,29H,13-16H2,1-3H3,(H,30,31)(H,32,33);/q;+1/p-1/t24-;/m0./s1. The molecule has 0 aliphatic heterocycles. The summed E-state index contributed by atoms with van der Waals surface area (Å²) in [6.45, 7) is 0.128. The average molecular weight is 579 g/mol. The van der Waals surface area contributed by atoms with E-state index in [0.717, 1.165) is 5.56 Å². The van der Waals surface area contributed by atoms with Gasteiger partial charge in [0.05, 0.1) is 31.1 Å². The van der Waals surface area contributed by atoms with Crippen molar-refractivity contribution in [2.75, 3.05) is 32.8 Å². The molecule has 12 heteroatoms. The van der Waals surface area contributed by atoms with E-state index < -0.39 is 27.9 Å². The molecule has 0 aliphatic rings. The molecule has 9 nitrogen and oxygen atoms in total. The fourth-order valence-electron chi connectivity index (χ4n) is 3.91. The molecule has 3 aromatic rings. The fourth-order valence-corrected chi connectivity index (χ4v) is 5.44. The van der Waals surface area contributed by atoms with Crippen molar-refractivity contribution in [1.29, 1.82) is 0 Å². The molecular weight excluding hydrogens is 547 g/mol. The van der Waals surface area contributed by atoms with Crippen molar-refractivity contribution in [2.45, 2.75) is 23.8 Å². The summed E-state index contributed by atoms with van der Waals surface area (Å²) in [5.74, 6) is -0.356. The van der Waals surface area contributed by atoms with Crippen LogP contribution < -0.4 is 43.5 Å². The van der Waals surface area contributed by atoms with Crippen molar-refractivity contribution in [2.24, 2.45) is 0 Å². The van der Waals surface area contributed by atoms with E-state index in [9.17, 15) is 23.1 Å². The minimum atomic E-state index is -3.92. The molecule has 0 aliphatic carbocycles. The first-order chi connectivity index (χ1) is 18.7. The number of methoxy groups -OCH3 is 2. The molecule has 3 aromatic carbocycles. The van der Waals surface area contributed by atoms with Gasteiger partial charge in [0, 0.05) is 12.1 Å². The fraction of sp³-hybridized carbons (Fsp3) is 0.286. The number of rotatable bonds is 14. The Morgan fingerprint density at radius 3 is 2.30 bits per heavy atom. The zero-order chi connectivity index (χ0) is 28.4. The van der Waals surface area contributed by atoms with Gasteiger partial charge < -0.3 is 24.7 Å². The predicted molar refractivity (Wildman–Crippen MR) is 150 cm³/mol. The largest absolute Gasteiger partial charge is 1.00 e. The van der Waals surface area contributed by atoms with Crippen molar-refractivity contribution >= 4 is 33.7 Å². The monoisotopic (exact) mass is 578 g/mol. The van der Waals surface area contributed by atoms with E-state index in [0.29, 0.717) is 34.8 Å². The molecule has 0 aromatic heterocycles. The van der Waals surface area contributed by atoms with Gasteiger partial charge in [0.25, 0.3) is 5.91 Å². The second-order valence-corrected chi connectivity index (χ2v) is 11.3. The summed E-state index contributed by atoms with van der Waals surface area (Å²) in [7, 11) is -0.856. The summed E-state index contributed by atoms with van der Waals surface area (Å²) in [6, 6.07) is 17.2. The van der Waals surface area contributed by atoms with Gasteiger partial charge in [0.2, 0.25) is 10.0 Å². The van der Waals surface area contributed by atoms with Crippen molar-refractivity contribution in [3.63, 3.8) is 0 Å². The number of carbonyl (C=O) groups excluding carboxylic acids is 2. The van der Waals surface area contributed by atoms with Crippen molar-refractivity contribution in [3.05, 3.63) is 77.9 Å². The summed E-state index contributed by atoms with van der Waals surface area (Å²) in [5.41, 5.74) is 1.98. The Labute approximate surface area is 251 Å².